The summed E-state index contributed by atoms with van der Waals surface area (Å²) in [6.07, 6.45) is 0.880. The monoisotopic (exact) mass is 328 g/mol. The highest BCUT2D eigenvalue weighted by molar-refractivity contribution is 6.03. The summed E-state index contributed by atoms with van der Waals surface area (Å²) in [6.45, 7) is 0. The van der Waals surface area contributed by atoms with Gasteiger partial charge < -0.3 is 4.74 Å². The number of benzene rings is 3. The highest BCUT2D eigenvalue weighted by atomic mass is 16.5. The number of hydrogen-bond donors (Lipinski definition) is 0. The third-order valence-corrected chi connectivity index (χ3v) is 4.54. The second-order valence-electron chi connectivity index (χ2n) is 6.09. The Morgan fingerprint density at radius 1 is 0.840 bits per heavy atom. The van der Waals surface area contributed by atoms with Crippen molar-refractivity contribution >= 4 is 11.4 Å². The number of hydrogen-bond acceptors (Lipinski definition) is 3. The van der Waals surface area contributed by atoms with E-state index in [1.54, 1.807) is 7.11 Å². The summed E-state index contributed by atoms with van der Waals surface area (Å²) in [4.78, 5) is 0. The fourth-order valence-corrected chi connectivity index (χ4v) is 3.22. The van der Waals surface area contributed by atoms with E-state index in [4.69, 9.17) is 9.84 Å². The van der Waals surface area contributed by atoms with Crippen LogP contribution in [0.25, 0.3) is 0 Å². The smallest absolute Gasteiger partial charge is 0.118 e. The van der Waals surface area contributed by atoms with E-state index >= 15 is 0 Å². The molecule has 0 saturated carbocycles. The van der Waals surface area contributed by atoms with E-state index in [2.05, 4.69) is 65.7 Å². The molecule has 3 nitrogen and oxygen atoms in total. The number of rotatable bonds is 4. The molecule has 0 aromatic heterocycles. The van der Waals surface area contributed by atoms with E-state index in [0.717, 1.165) is 23.6 Å². The summed E-state index contributed by atoms with van der Waals surface area (Å²) in [5, 5.41) is 7.08. The van der Waals surface area contributed by atoms with E-state index in [0.29, 0.717) is 0 Å². The molecular weight excluding hydrogens is 308 g/mol. The molecule has 0 aliphatic carbocycles. The van der Waals surface area contributed by atoms with Gasteiger partial charge in [-0.1, -0.05) is 60.7 Å². The van der Waals surface area contributed by atoms with E-state index in [1.807, 2.05) is 24.3 Å². The van der Waals surface area contributed by atoms with Gasteiger partial charge in [-0.15, -0.1) is 0 Å². The molecule has 0 amide bonds. The maximum atomic E-state index is 5.29. The summed E-state index contributed by atoms with van der Waals surface area (Å²) in [6, 6.07) is 29.2. The number of hydrazone groups is 1. The molecule has 0 N–H and O–H groups in total. The lowest BCUT2D eigenvalue weighted by Crippen LogP contribution is -2.18. The standard InChI is InChI=1S/C22H20N2O/c1-25-20-14-12-18(13-15-20)22-16-21(17-8-4-2-5-9-17)23-24(22)19-10-6-3-7-11-19/h2-15,22H,16H2,1H3/t22-/m0/s1. The Labute approximate surface area is 148 Å². The van der Waals surface area contributed by atoms with E-state index in [9.17, 15) is 0 Å². The van der Waals surface area contributed by atoms with Crippen LogP contribution in [0.1, 0.15) is 23.6 Å². The lowest BCUT2D eigenvalue weighted by atomic mass is 9.98. The first-order chi connectivity index (χ1) is 12.3. The molecule has 3 heteroatoms. The van der Waals surface area contributed by atoms with Crippen molar-refractivity contribution in [2.45, 2.75) is 12.5 Å². The molecule has 3 aromatic rings. The summed E-state index contributed by atoms with van der Waals surface area (Å²) < 4.78 is 5.29. The quantitative estimate of drug-likeness (QED) is 0.669. The highest BCUT2D eigenvalue weighted by Crippen LogP contribution is 2.36. The van der Waals surface area contributed by atoms with Crippen LogP contribution in [0.3, 0.4) is 0 Å². The second kappa shape index (κ2) is 6.81. The molecule has 25 heavy (non-hydrogen) atoms. The summed E-state index contributed by atoms with van der Waals surface area (Å²) >= 11 is 0. The number of para-hydroxylation sites is 1. The molecule has 0 bridgehead atoms. The number of anilines is 1. The van der Waals surface area contributed by atoms with Gasteiger partial charge in [-0.3, -0.25) is 5.01 Å². The molecule has 0 radical (unpaired) electrons. The molecule has 3 aromatic carbocycles. The van der Waals surface area contributed by atoms with Crippen LogP contribution in [0.15, 0.2) is 90.0 Å². The summed E-state index contributed by atoms with van der Waals surface area (Å²) in [5.74, 6) is 0.872. The Morgan fingerprint density at radius 3 is 2.12 bits per heavy atom. The summed E-state index contributed by atoms with van der Waals surface area (Å²) in [7, 11) is 1.69. The first kappa shape index (κ1) is 15.5. The average Bonchev–Trinajstić information content (AvgIpc) is 3.15. The van der Waals surface area contributed by atoms with Crippen molar-refractivity contribution in [3.63, 3.8) is 0 Å². The number of nitrogens with zero attached hydrogens (tertiary/aromatic N) is 2. The van der Waals surface area contributed by atoms with Gasteiger partial charge in [-0.25, -0.2) is 0 Å². The number of ether oxygens (including phenoxy) is 1. The Hall–Kier alpha value is -3.07. The third kappa shape index (κ3) is 3.13. The zero-order chi connectivity index (χ0) is 17.1. The van der Waals surface area contributed by atoms with Gasteiger partial charge in [0.05, 0.1) is 24.6 Å². The minimum Gasteiger partial charge on any atom is -0.497 e. The normalized spacial score (nSPS) is 16.6. The van der Waals surface area contributed by atoms with Crippen molar-refractivity contribution in [2.24, 2.45) is 5.10 Å². The Bertz CT molecular complexity index is 858. The van der Waals surface area contributed by atoms with Crippen molar-refractivity contribution in [3.05, 3.63) is 96.1 Å². The molecule has 124 valence electrons. The van der Waals surface area contributed by atoms with Gasteiger partial charge in [-0.05, 0) is 35.4 Å². The summed E-state index contributed by atoms with van der Waals surface area (Å²) in [5.41, 5.74) is 4.64. The molecule has 0 saturated heterocycles. The van der Waals surface area contributed by atoms with Gasteiger partial charge >= 0.3 is 0 Å². The fraction of sp³-hybridized carbons (Fsp3) is 0.136. The molecule has 1 aliphatic rings. The van der Waals surface area contributed by atoms with E-state index in [1.165, 1.54) is 11.1 Å². The first-order valence-corrected chi connectivity index (χ1v) is 8.46. The fourth-order valence-electron chi connectivity index (χ4n) is 3.22. The highest BCUT2D eigenvalue weighted by Gasteiger charge is 2.29. The van der Waals surface area contributed by atoms with Crippen molar-refractivity contribution in [3.8, 4) is 5.75 Å². The van der Waals surface area contributed by atoms with Gasteiger partial charge in [0.1, 0.15) is 5.75 Å². The van der Waals surface area contributed by atoms with Crippen LogP contribution in [0.5, 0.6) is 5.75 Å². The zero-order valence-electron chi connectivity index (χ0n) is 14.2. The van der Waals surface area contributed by atoms with E-state index < -0.39 is 0 Å². The SMILES string of the molecule is COc1ccc([C@@H]2CC(c3ccccc3)=NN2c2ccccc2)cc1. The van der Waals surface area contributed by atoms with Crippen LogP contribution in [-0.4, -0.2) is 12.8 Å². The predicted molar refractivity (Wildman–Crippen MR) is 102 cm³/mol. The maximum Gasteiger partial charge on any atom is 0.118 e. The van der Waals surface area contributed by atoms with Gasteiger partial charge in [-0.2, -0.15) is 5.10 Å². The van der Waals surface area contributed by atoms with Crippen molar-refractivity contribution in [1.29, 1.82) is 0 Å². The molecular formula is C22H20N2O. The minimum absolute atomic E-state index is 0.184. The Morgan fingerprint density at radius 2 is 1.48 bits per heavy atom. The first-order valence-electron chi connectivity index (χ1n) is 8.46. The lowest BCUT2D eigenvalue weighted by Gasteiger charge is -2.24. The van der Waals surface area contributed by atoms with E-state index in [-0.39, 0.29) is 6.04 Å². The van der Waals surface area contributed by atoms with Crippen LogP contribution < -0.4 is 9.75 Å². The predicted octanol–water partition coefficient (Wildman–Crippen LogP) is 5.05. The number of methoxy groups -OCH3 is 1. The molecule has 0 unspecified atom stereocenters. The Kier molecular flexibility index (Phi) is 4.21. The van der Waals surface area contributed by atoms with Crippen LogP contribution in [0, 0.1) is 0 Å². The van der Waals surface area contributed by atoms with Crippen LogP contribution in [0.4, 0.5) is 5.69 Å². The van der Waals surface area contributed by atoms with Crippen LogP contribution in [-0.2, 0) is 0 Å². The topological polar surface area (TPSA) is 24.8 Å². The minimum atomic E-state index is 0.184. The van der Waals surface area contributed by atoms with Gasteiger partial charge in [0.25, 0.3) is 0 Å². The lowest BCUT2D eigenvalue weighted by molar-refractivity contribution is 0.414. The van der Waals surface area contributed by atoms with Crippen LogP contribution in [0.2, 0.25) is 0 Å². The van der Waals surface area contributed by atoms with Gasteiger partial charge in [0.2, 0.25) is 0 Å². The molecule has 1 atom stereocenters. The van der Waals surface area contributed by atoms with Crippen molar-refractivity contribution in [2.75, 3.05) is 12.1 Å². The molecule has 1 heterocycles. The van der Waals surface area contributed by atoms with Crippen molar-refractivity contribution < 1.29 is 4.74 Å². The second-order valence-corrected chi connectivity index (χ2v) is 6.09. The van der Waals surface area contributed by atoms with Crippen LogP contribution >= 0.6 is 0 Å². The molecule has 0 fully saturated rings. The van der Waals surface area contributed by atoms with Gasteiger partial charge in [0, 0.05) is 6.42 Å². The average molecular weight is 328 g/mol. The largest absolute Gasteiger partial charge is 0.497 e. The van der Waals surface area contributed by atoms with Crippen molar-refractivity contribution in [1.82, 2.24) is 0 Å². The Balaban J connectivity index is 1.72. The zero-order valence-corrected chi connectivity index (χ0v) is 14.2. The van der Waals surface area contributed by atoms with Gasteiger partial charge in [0.15, 0.2) is 0 Å². The molecule has 1 aliphatic heterocycles. The maximum absolute atomic E-state index is 5.29. The molecule has 4 rings (SSSR count). The molecule has 0 spiro atoms. The third-order valence-electron chi connectivity index (χ3n) is 4.54.